The van der Waals surface area contributed by atoms with E-state index in [-0.39, 0.29) is 16.9 Å². The van der Waals surface area contributed by atoms with Crippen LogP contribution in [0.4, 0.5) is 11.5 Å². The number of thioether (sulfide) groups is 1. The fourth-order valence-corrected chi connectivity index (χ4v) is 2.97. The van der Waals surface area contributed by atoms with Crippen LogP contribution in [0.15, 0.2) is 6.33 Å². The molecule has 1 aromatic heterocycles. The van der Waals surface area contributed by atoms with Crippen molar-refractivity contribution in [1.29, 1.82) is 0 Å². The number of halogens is 1. The van der Waals surface area contributed by atoms with E-state index in [1.807, 2.05) is 23.6 Å². The molecule has 1 aromatic rings. The molecule has 0 N–H and O–H groups in total. The highest BCUT2D eigenvalue weighted by Gasteiger charge is 2.30. The third kappa shape index (κ3) is 2.44. The second-order valence-electron chi connectivity index (χ2n) is 3.71. The summed E-state index contributed by atoms with van der Waals surface area (Å²) in [4.78, 5) is 20.1. The van der Waals surface area contributed by atoms with Gasteiger partial charge in [0.25, 0.3) is 0 Å². The molecule has 0 spiro atoms. The van der Waals surface area contributed by atoms with Crippen LogP contribution in [0.3, 0.4) is 0 Å². The van der Waals surface area contributed by atoms with Gasteiger partial charge in [0.2, 0.25) is 11.0 Å². The summed E-state index contributed by atoms with van der Waals surface area (Å²) in [6.07, 6.45) is 1.26. The lowest BCUT2D eigenvalue weighted by molar-refractivity contribution is -0.384. The fraction of sp³-hybridized carbons (Fsp3) is 0.556. The van der Waals surface area contributed by atoms with Gasteiger partial charge in [-0.1, -0.05) is 11.6 Å². The molecule has 0 aliphatic carbocycles. The van der Waals surface area contributed by atoms with Gasteiger partial charge in [-0.25, -0.2) is 9.97 Å². The summed E-state index contributed by atoms with van der Waals surface area (Å²) >= 11 is 7.60. The zero-order valence-electron chi connectivity index (χ0n) is 9.17. The summed E-state index contributed by atoms with van der Waals surface area (Å²) < 4.78 is 0. The van der Waals surface area contributed by atoms with Crippen LogP contribution in [-0.4, -0.2) is 39.0 Å². The second kappa shape index (κ2) is 5.05. The number of aromatic nitrogens is 2. The van der Waals surface area contributed by atoms with Gasteiger partial charge in [-0.3, -0.25) is 10.1 Å². The molecular formula is C9H11ClN4O2S. The van der Waals surface area contributed by atoms with Crippen molar-refractivity contribution in [1.82, 2.24) is 9.97 Å². The average molecular weight is 275 g/mol. The van der Waals surface area contributed by atoms with E-state index in [0.717, 1.165) is 18.1 Å². The van der Waals surface area contributed by atoms with E-state index < -0.39 is 4.92 Å². The largest absolute Gasteiger partial charge is 0.348 e. The number of rotatable bonds is 2. The summed E-state index contributed by atoms with van der Waals surface area (Å²) in [6.45, 7) is 2.76. The van der Waals surface area contributed by atoms with E-state index in [2.05, 4.69) is 9.97 Å². The molecule has 1 atom stereocenters. The minimum absolute atomic E-state index is 0.106. The lowest BCUT2D eigenvalue weighted by Crippen LogP contribution is -2.41. The molecule has 6 nitrogen and oxygen atoms in total. The maximum Gasteiger partial charge on any atom is 0.348 e. The van der Waals surface area contributed by atoms with E-state index in [1.165, 1.54) is 6.33 Å². The monoisotopic (exact) mass is 274 g/mol. The Kier molecular flexibility index (Phi) is 3.68. The smallest absolute Gasteiger partial charge is 0.346 e. The zero-order chi connectivity index (χ0) is 12.4. The average Bonchev–Trinajstić information content (AvgIpc) is 2.28. The van der Waals surface area contributed by atoms with Crippen LogP contribution in [0.2, 0.25) is 5.15 Å². The molecule has 1 unspecified atom stereocenters. The first-order valence-electron chi connectivity index (χ1n) is 5.10. The van der Waals surface area contributed by atoms with E-state index in [4.69, 9.17) is 11.6 Å². The van der Waals surface area contributed by atoms with Crippen LogP contribution >= 0.6 is 23.4 Å². The molecule has 2 heterocycles. The second-order valence-corrected chi connectivity index (χ2v) is 5.22. The minimum Gasteiger partial charge on any atom is -0.346 e. The van der Waals surface area contributed by atoms with Crippen LogP contribution in [0, 0.1) is 10.1 Å². The maximum absolute atomic E-state index is 11.0. The first kappa shape index (κ1) is 12.4. The third-order valence-corrected chi connectivity index (χ3v) is 4.05. The van der Waals surface area contributed by atoms with Gasteiger partial charge in [0.15, 0.2) is 0 Å². The summed E-state index contributed by atoms with van der Waals surface area (Å²) in [5.41, 5.74) is -0.201. The molecule has 1 saturated heterocycles. The molecule has 8 heteroatoms. The van der Waals surface area contributed by atoms with Gasteiger partial charge in [0, 0.05) is 24.1 Å². The van der Waals surface area contributed by atoms with Gasteiger partial charge in [-0.15, -0.1) is 0 Å². The van der Waals surface area contributed by atoms with Gasteiger partial charge in [-0.05, 0) is 6.92 Å². The van der Waals surface area contributed by atoms with E-state index in [9.17, 15) is 10.1 Å². The number of nitro groups is 1. The summed E-state index contributed by atoms with van der Waals surface area (Å²) in [5, 5.41) is 10.9. The van der Waals surface area contributed by atoms with E-state index in [0.29, 0.717) is 5.82 Å². The molecular weight excluding hydrogens is 264 g/mol. The molecule has 0 radical (unpaired) electrons. The highest BCUT2D eigenvalue weighted by molar-refractivity contribution is 7.99. The molecule has 1 fully saturated rings. The Labute approximate surface area is 108 Å². The Morgan fingerprint density at radius 1 is 1.65 bits per heavy atom. The molecule has 2 rings (SSSR count). The first-order chi connectivity index (χ1) is 8.11. The van der Waals surface area contributed by atoms with Crippen LogP contribution in [0.5, 0.6) is 0 Å². The Morgan fingerprint density at radius 2 is 2.41 bits per heavy atom. The topological polar surface area (TPSA) is 72.2 Å². The number of hydrogen-bond acceptors (Lipinski definition) is 6. The first-order valence-corrected chi connectivity index (χ1v) is 6.63. The minimum atomic E-state index is -0.522. The summed E-state index contributed by atoms with van der Waals surface area (Å²) in [5.74, 6) is 2.19. The number of hydrogen-bond donors (Lipinski definition) is 0. The molecule has 1 aliphatic heterocycles. The molecule has 1 aliphatic rings. The predicted octanol–water partition coefficient (Wildman–Crippen LogP) is 1.98. The third-order valence-electron chi connectivity index (χ3n) is 2.58. The maximum atomic E-state index is 11.0. The van der Waals surface area contributed by atoms with Crippen molar-refractivity contribution in [2.75, 3.05) is 23.0 Å². The molecule has 0 aromatic carbocycles. The van der Waals surface area contributed by atoms with Crippen molar-refractivity contribution in [3.63, 3.8) is 0 Å². The highest BCUT2D eigenvalue weighted by atomic mass is 35.5. The van der Waals surface area contributed by atoms with Gasteiger partial charge in [-0.2, -0.15) is 11.8 Å². The van der Waals surface area contributed by atoms with Crippen molar-refractivity contribution in [2.24, 2.45) is 0 Å². The predicted molar refractivity (Wildman–Crippen MR) is 67.8 cm³/mol. The quantitative estimate of drug-likeness (QED) is 0.466. The number of anilines is 1. The molecule has 0 saturated carbocycles. The van der Waals surface area contributed by atoms with Crippen molar-refractivity contribution >= 4 is 34.9 Å². The van der Waals surface area contributed by atoms with Gasteiger partial charge < -0.3 is 4.90 Å². The van der Waals surface area contributed by atoms with Crippen molar-refractivity contribution in [3.05, 3.63) is 21.6 Å². The van der Waals surface area contributed by atoms with Crippen LogP contribution in [0.25, 0.3) is 0 Å². The Morgan fingerprint density at radius 3 is 3.06 bits per heavy atom. The van der Waals surface area contributed by atoms with Crippen molar-refractivity contribution in [2.45, 2.75) is 13.0 Å². The van der Waals surface area contributed by atoms with E-state index >= 15 is 0 Å². The Bertz CT molecular complexity index is 445. The lowest BCUT2D eigenvalue weighted by Gasteiger charge is -2.33. The lowest BCUT2D eigenvalue weighted by atomic mass is 10.3. The zero-order valence-corrected chi connectivity index (χ0v) is 10.7. The Hall–Kier alpha value is -1.08. The molecule has 92 valence electrons. The fourth-order valence-electron chi connectivity index (χ4n) is 1.76. The van der Waals surface area contributed by atoms with Gasteiger partial charge in [0.1, 0.15) is 6.33 Å². The van der Waals surface area contributed by atoms with Gasteiger partial charge >= 0.3 is 5.69 Å². The highest BCUT2D eigenvalue weighted by Crippen LogP contribution is 2.34. The number of nitrogens with zero attached hydrogens (tertiary/aromatic N) is 4. The normalized spacial score (nSPS) is 20.4. The Balaban J connectivity index is 2.43. The summed E-state index contributed by atoms with van der Waals surface area (Å²) in [7, 11) is 0. The van der Waals surface area contributed by atoms with E-state index in [1.54, 1.807) is 0 Å². The van der Waals surface area contributed by atoms with Gasteiger partial charge in [0.05, 0.1) is 4.92 Å². The standard InChI is InChI=1S/C9H11ClN4O2S/c1-6-4-17-3-2-13(6)9-7(14(15)16)8(10)11-5-12-9/h5-6H,2-4H2,1H3. The molecule has 0 amide bonds. The van der Waals surface area contributed by atoms with Crippen LogP contribution < -0.4 is 4.90 Å². The van der Waals surface area contributed by atoms with Crippen molar-refractivity contribution in [3.8, 4) is 0 Å². The van der Waals surface area contributed by atoms with Crippen LogP contribution in [0.1, 0.15) is 6.92 Å². The molecule has 17 heavy (non-hydrogen) atoms. The van der Waals surface area contributed by atoms with Crippen molar-refractivity contribution < 1.29 is 4.92 Å². The summed E-state index contributed by atoms with van der Waals surface area (Å²) in [6, 6.07) is 0.207. The SMILES string of the molecule is CC1CSCCN1c1ncnc(Cl)c1[N+](=O)[O-]. The molecule has 0 bridgehead atoms. The van der Waals surface area contributed by atoms with Crippen LogP contribution in [-0.2, 0) is 0 Å².